The van der Waals surface area contributed by atoms with E-state index in [4.69, 9.17) is 9.26 Å². The van der Waals surface area contributed by atoms with Crippen molar-refractivity contribution in [2.45, 2.75) is 33.3 Å². The number of benzene rings is 1. The van der Waals surface area contributed by atoms with Crippen LogP contribution in [0.25, 0.3) is 0 Å². The Kier molecular flexibility index (Phi) is 4.45. The van der Waals surface area contributed by atoms with Crippen LogP contribution in [0.3, 0.4) is 0 Å². The molecule has 0 amide bonds. The van der Waals surface area contributed by atoms with Crippen molar-refractivity contribution in [1.29, 1.82) is 0 Å². The quantitative estimate of drug-likeness (QED) is 0.760. The number of aromatic nitrogens is 2. The van der Waals surface area contributed by atoms with Crippen LogP contribution in [0, 0.1) is 5.82 Å². The Balaban J connectivity index is 2.01. The molecule has 0 saturated heterocycles. The summed E-state index contributed by atoms with van der Waals surface area (Å²) in [7, 11) is 0. The van der Waals surface area contributed by atoms with Crippen LogP contribution in [-0.2, 0) is 13.0 Å². The third-order valence-electron chi connectivity index (χ3n) is 2.67. The number of ketones is 1. The lowest BCUT2D eigenvalue weighted by molar-refractivity contribution is 0.101. The fraction of sp³-hybridized carbons (Fsp3) is 0.357. The second kappa shape index (κ2) is 6.27. The average Bonchev–Trinajstić information content (AvgIpc) is 2.85. The van der Waals surface area contributed by atoms with E-state index in [1.165, 1.54) is 19.1 Å². The third-order valence-corrected chi connectivity index (χ3v) is 2.67. The summed E-state index contributed by atoms with van der Waals surface area (Å²) in [5.74, 6) is 0.173. The zero-order valence-electron chi connectivity index (χ0n) is 11.4. The molecule has 0 spiro atoms. The van der Waals surface area contributed by atoms with Gasteiger partial charge < -0.3 is 9.26 Å². The van der Waals surface area contributed by atoms with E-state index < -0.39 is 5.82 Å². The molecule has 5 nitrogen and oxygen atoms in total. The average molecular weight is 278 g/mol. The highest BCUT2D eigenvalue weighted by molar-refractivity contribution is 5.94. The highest BCUT2D eigenvalue weighted by atomic mass is 19.1. The summed E-state index contributed by atoms with van der Waals surface area (Å²) in [6.45, 7) is 3.40. The van der Waals surface area contributed by atoms with Gasteiger partial charge in [-0.15, -0.1) is 0 Å². The Bertz CT molecular complexity index is 610. The van der Waals surface area contributed by atoms with Gasteiger partial charge in [0.15, 0.2) is 24.0 Å². The number of hydrogen-bond acceptors (Lipinski definition) is 5. The van der Waals surface area contributed by atoms with Gasteiger partial charge in [0.05, 0.1) is 0 Å². The number of carbonyl (C=O) groups is 1. The minimum absolute atomic E-state index is 0.0174. The SMILES string of the molecule is CCCc1nc(COc2ccc(C(C)=O)cc2F)no1. The van der Waals surface area contributed by atoms with Crippen LogP contribution in [0.2, 0.25) is 0 Å². The molecule has 6 heteroatoms. The minimum atomic E-state index is -0.588. The summed E-state index contributed by atoms with van der Waals surface area (Å²) in [6, 6.07) is 4.08. The number of nitrogens with zero attached hydrogens (tertiary/aromatic N) is 2. The Labute approximate surface area is 115 Å². The molecule has 0 aliphatic carbocycles. The molecule has 106 valence electrons. The predicted octanol–water partition coefficient (Wildman–Crippen LogP) is 2.94. The molecule has 0 N–H and O–H groups in total. The first-order valence-corrected chi connectivity index (χ1v) is 6.35. The van der Waals surface area contributed by atoms with Gasteiger partial charge in [0.1, 0.15) is 0 Å². The topological polar surface area (TPSA) is 65.2 Å². The maximum absolute atomic E-state index is 13.7. The molecule has 0 atom stereocenters. The maximum Gasteiger partial charge on any atom is 0.226 e. The number of carbonyl (C=O) groups excluding carboxylic acids is 1. The number of halogens is 1. The van der Waals surface area contributed by atoms with Gasteiger partial charge in [0.25, 0.3) is 0 Å². The summed E-state index contributed by atoms with van der Waals surface area (Å²) >= 11 is 0. The van der Waals surface area contributed by atoms with E-state index in [0.29, 0.717) is 23.7 Å². The van der Waals surface area contributed by atoms with Crippen molar-refractivity contribution in [1.82, 2.24) is 10.1 Å². The number of hydrogen-bond donors (Lipinski definition) is 0. The summed E-state index contributed by atoms with van der Waals surface area (Å²) < 4.78 is 24.0. The van der Waals surface area contributed by atoms with E-state index in [1.807, 2.05) is 6.92 Å². The summed E-state index contributed by atoms with van der Waals surface area (Å²) in [5, 5.41) is 3.74. The highest BCUT2D eigenvalue weighted by Gasteiger charge is 2.10. The number of rotatable bonds is 6. The van der Waals surface area contributed by atoms with Gasteiger partial charge in [0, 0.05) is 12.0 Å². The molecular weight excluding hydrogens is 263 g/mol. The minimum Gasteiger partial charge on any atom is -0.482 e. The molecule has 0 radical (unpaired) electrons. The summed E-state index contributed by atoms with van der Waals surface area (Å²) in [4.78, 5) is 15.2. The van der Waals surface area contributed by atoms with Gasteiger partial charge >= 0.3 is 0 Å². The molecule has 0 fully saturated rings. The molecule has 1 heterocycles. The summed E-state index contributed by atoms with van der Waals surface area (Å²) in [5.41, 5.74) is 0.305. The molecule has 2 rings (SSSR count). The zero-order chi connectivity index (χ0) is 14.5. The second-order valence-electron chi connectivity index (χ2n) is 4.34. The molecule has 1 aromatic carbocycles. The fourth-order valence-corrected chi connectivity index (χ4v) is 1.64. The molecular formula is C14H15FN2O3. The molecule has 0 aliphatic heterocycles. The molecule has 20 heavy (non-hydrogen) atoms. The fourth-order valence-electron chi connectivity index (χ4n) is 1.64. The van der Waals surface area contributed by atoms with Gasteiger partial charge in [-0.2, -0.15) is 4.98 Å². The van der Waals surface area contributed by atoms with E-state index in [2.05, 4.69) is 10.1 Å². The third kappa shape index (κ3) is 3.40. The van der Waals surface area contributed by atoms with Crippen LogP contribution in [-0.4, -0.2) is 15.9 Å². The van der Waals surface area contributed by atoms with Gasteiger partial charge in [-0.1, -0.05) is 12.1 Å². The van der Waals surface area contributed by atoms with Crippen LogP contribution in [0.4, 0.5) is 4.39 Å². The Morgan fingerprint density at radius 3 is 2.90 bits per heavy atom. The normalized spacial score (nSPS) is 10.6. The standard InChI is InChI=1S/C14H15FN2O3/c1-3-4-14-16-13(17-20-14)8-19-12-6-5-10(9(2)18)7-11(12)15/h5-7H,3-4,8H2,1-2H3. The summed E-state index contributed by atoms with van der Waals surface area (Å²) in [6.07, 6.45) is 1.61. The Morgan fingerprint density at radius 1 is 1.45 bits per heavy atom. The van der Waals surface area contributed by atoms with E-state index in [9.17, 15) is 9.18 Å². The Hall–Kier alpha value is -2.24. The van der Waals surface area contributed by atoms with E-state index in [0.717, 1.165) is 12.5 Å². The number of Topliss-reactive ketones (excluding diaryl/α,β-unsaturated/α-hetero) is 1. The van der Waals surface area contributed by atoms with Crippen molar-refractivity contribution < 1.29 is 18.4 Å². The molecule has 2 aromatic rings. The van der Waals surface area contributed by atoms with Crippen molar-refractivity contribution in [3.8, 4) is 5.75 Å². The lowest BCUT2D eigenvalue weighted by Crippen LogP contribution is -2.01. The monoisotopic (exact) mass is 278 g/mol. The smallest absolute Gasteiger partial charge is 0.226 e. The van der Waals surface area contributed by atoms with Crippen LogP contribution in [0.1, 0.15) is 42.3 Å². The van der Waals surface area contributed by atoms with Crippen LogP contribution in [0.15, 0.2) is 22.7 Å². The lowest BCUT2D eigenvalue weighted by Gasteiger charge is -2.05. The van der Waals surface area contributed by atoms with E-state index in [-0.39, 0.29) is 18.1 Å². The first kappa shape index (κ1) is 14.2. The van der Waals surface area contributed by atoms with Gasteiger partial charge in [-0.3, -0.25) is 4.79 Å². The highest BCUT2D eigenvalue weighted by Crippen LogP contribution is 2.19. The first-order valence-electron chi connectivity index (χ1n) is 6.35. The van der Waals surface area contributed by atoms with Crippen molar-refractivity contribution in [2.24, 2.45) is 0 Å². The molecule has 0 bridgehead atoms. The van der Waals surface area contributed by atoms with Crippen molar-refractivity contribution in [3.63, 3.8) is 0 Å². The van der Waals surface area contributed by atoms with Crippen LogP contribution < -0.4 is 4.74 Å². The maximum atomic E-state index is 13.7. The number of ether oxygens (including phenoxy) is 1. The van der Waals surface area contributed by atoms with Crippen LogP contribution in [0.5, 0.6) is 5.75 Å². The van der Waals surface area contributed by atoms with Crippen LogP contribution >= 0.6 is 0 Å². The van der Waals surface area contributed by atoms with Crippen molar-refractivity contribution in [2.75, 3.05) is 0 Å². The van der Waals surface area contributed by atoms with E-state index >= 15 is 0 Å². The molecule has 0 unspecified atom stereocenters. The predicted molar refractivity (Wildman–Crippen MR) is 69.0 cm³/mol. The second-order valence-corrected chi connectivity index (χ2v) is 4.34. The first-order chi connectivity index (χ1) is 9.60. The Morgan fingerprint density at radius 2 is 2.25 bits per heavy atom. The van der Waals surface area contributed by atoms with Gasteiger partial charge in [-0.25, -0.2) is 4.39 Å². The van der Waals surface area contributed by atoms with Crippen molar-refractivity contribution >= 4 is 5.78 Å². The van der Waals surface area contributed by atoms with Gasteiger partial charge in [0.2, 0.25) is 11.7 Å². The van der Waals surface area contributed by atoms with Gasteiger partial charge in [-0.05, 0) is 31.5 Å². The molecule has 0 saturated carbocycles. The largest absolute Gasteiger partial charge is 0.482 e. The zero-order valence-corrected chi connectivity index (χ0v) is 11.4. The number of aryl methyl sites for hydroxylation is 1. The van der Waals surface area contributed by atoms with E-state index in [1.54, 1.807) is 0 Å². The van der Waals surface area contributed by atoms with Crippen molar-refractivity contribution in [3.05, 3.63) is 41.3 Å². The molecule has 0 aliphatic rings. The lowest BCUT2D eigenvalue weighted by atomic mass is 10.1. The molecule has 1 aromatic heterocycles.